The lowest BCUT2D eigenvalue weighted by Gasteiger charge is -2.28. The highest BCUT2D eigenvalue weighted by atomic mass is 16.6. The summed E-state index contributed by atoms with van der Waals surface area (Å²) >= 11 is 0. The van der Waals surface area contributed by atoms with Crippen LogP contribution in [0.3, 0.4) is 0 Å². The zero-order valence-electron chi connectivity index (χ0n) is 13.0. The highest BCUT2D eigenvalue weighted by Crippen LogP contribution is 2.29. The minimum absolute atomic E-state index is 0.135. The number of rotatable bonds is 4. The normalized spacial score (nSPS) is 18.0. The SMILES string of the molecule is CC(CC1CCCCC1)N(N=[N+]=[N-])C(=O)OC(C)(C)C. The van der Waals surface area contributed by atoms with Crippen LogP contribution >= 0.6 is 0 Å². The van der Waals surface area contributed by atoms with Gasteiger partial charge in [0.25, 0.3) is 0 Å². The predicted octanol–water partition coefficient (Wildman–Crippen LogP) is 4.81. The molecule has 0 aliphatic heterocycles. The predicted molar refractivity (Wildman–Crippen MR) is 77.9 cm³/mol. The molecule has 0 radical (unpaired) electrons. The monoisotopic (exact) mass is 282 g/mol. The van der Waals surface area contributed by atoms with Crippen LogP contribution in [0.4, 0.5) is 4.79 Å². The minimum Gasteiger partial charge on any atom is -0.425 e. The van der Waals surface area contributed by atoms with Gasteiger partial charge >= 0.3 is 6.09 Å². The average molecular weight is 282 g/mol. The maximum Gasteiger partial charge on any atom is 0.511 e. The lowest BCUT2D eigenvalue weighted by Crippen LogP contribution is -2.39. The van der Waals surface area contributed by atoms with Crippen LogP contribution in [-0.2, 0) is 4.74 Å². The number of ether oxygens (including phenoxy) is 1. The van der Waals surface area contributed by atoms with E-state index in [2.05, 4.69) is 10.1 Å². The van der Waals surface area contributed by atoms with Gasteiger partial charge in [0.15, 0.2) is 0 Å². The summed E-state index contributed by atoms with van der Waals surface area (Å²) in [6, 6.07) is -0.135. The molecule has 1 saturated carbocycles. The molecule has 1 rings (SSSR count). The Kier molecular flexibility index (Phi) is 6.14. The molecule has 0 aromatic heterocycles. The van der Waals surface area contributed by atoms with Crippen molar-refractivity contribution < 1.29 is 9.53 Å². The number of hydrogen-bond donors (Lipinski definition) is 0. The van der Waals surface area contributed by atoms with E-state index >= 15 is 0 Å². The summed E-state index contributed by atoms with van der Waals surface area (Å²) < 4.78 is 5.28. The second kappa shape index (κ2) is 7.39. The van der Waals surface area contributed by atoms with Gasteiger partial charge in [-0.15, -0.1) is 10.5 Å². The molecule has 0 spiro atoms. The Morgan fingerprint density at radius 1 is 1.40 bits per heavy atom. The van der Waals surface area contributed by atoms with Crippen molar-refractivity contribution >= 4 is 6.09 Å². The van der Waals surface area contributed by atoms with Crippen molar-refractivity contribution in [2.45, 2.75) is 77.9 Å². The van der Waals surface area contributed by atoms with Crippen molar-refractivity contribution in [3.05, 3.63) is 10.4 Å². The quantitative estimate of drug-likeness (QED) is 0.321. The Balaban J connectivity index is 2.63. The number of carbonyl (C=O) groups is 1. The Bertz CT molecular complexity index is 366. The molecule has 1 amide bonds. The van der Waals surface area contributed by atoms with E-state index in [-0.39, 0.29) is 6.04 Å². The van der Waals surface area contributed by atoms with Crippen LogP contribution in [0.1, 0.15) is 66.2 Å². The Morgan fingerprint density at radius 2 is 2.00 bits per heavy atom. The van der Waals surface area contributed by atoms with Crippen LogP contribution in [0.2, 0.25) is 0 Å². The largest absolute Gasteiger partial charge is 0.511 e. The van der Waals surface area contributed by atoms with Gasteiger partial charge in [0, 0.05) is 0 Å². The number of hydrogen-bond acceptors (Lipinski definition) is 3. The average Bonchev–Trinajstić information content (AvgIpc) is 2.34. The summed E-state index contributed by atoms with van der Waals surface area (Å²) in [6.45, 7) is 7.30. The van der Waals surface area contributed by atoms with Crippen LogP contribution < -0.4 is 0 Å². The fraction of sp³-hybridized carbons (Fsp3) is 0.929. The molecule has 0 N–H and O–H groups in total. The van der Waals surface area contributed by atoms with Gasteiger partial charge in [-0.05, 0) is 45.3 Å². The van der Waals surface area contributed by atoms with Gasteiger partial charge in [-0.3, -0.25) is 0 Å². The molecule has 1 aliphatic rings. The minimum atomic E-state index is -0.592. The van der Waals surface area contributed by atoms with Gasteiger partial charge in [-0.25, -0.2) is 0 Å². The molecule has 1 fully saturated rings. The molecule has 0 aromatic rings. The second-order valence-electron chi connectivity index (χ2n) is 6.59. The molecular formula is C14H26N4O2. The Hall–Kier alpha value is -1.42. The van der Waals surface area contributed by atoms with E-state index in [0.717, 1.165) is 11.4 Å². The first kappa shape index (κ1) is 16.6. The van der Waals surface area contributed by atoms with Gasteiger partial charge in [0.1, 0.15) is 11.6 Å². The summed E-state index contributed by atoms with van der Waals surface area (Å²) in [7, 11) is 0. The van der Waals surface area contributed by atoms with Crippen LogP contribution in [0.5, 0.6) is 0 Å². The van der Waals surface area contributed by atoms with Crippen molar-refractivity contribution in [3.63, 3.8) is 0 Å². The highest BCUT2D eigenvalue weighted by Gasteiger charge is 2.31. The molecule has 0 bridgehead atoms. The van der Waals surface area contributed by atoms with E-state index < -0.39 is 11.7 Å². The second-order valence-corrected chi connectivity index (χ2v) is 6.59. The van der Waals surface area contributed by atoms with E-state index in [1.165, 1.54) is 32.1 Å². The molecule has 20 heavy (non-hydrogen) atoms. The highest BCUT2D eigenvalue weighted by molar-refractivity contribution is 5.68. The van der Waals surface area contributed by atoms with Gasteiger partial charge in [0.05, 0.1) is 0 Å². The zero-order chi connectivity index (χ0) is 15.2. The van der Waals surface area contributed by atoms with Gasteiger partial charge in [0.2, 0.25) is 0 Å². The van der Waals surface area contributed by atoms with Crippen LogP contribution in [0.15, 0.2) is 5.22 Å². The summed E-state index contributed by atoms with van der Waals surface area (Å²) in [5.74, 6) is 0.609. The molecule has 1 aliphatic carbocycles. The summed E-state index contributed by atoms with van der Waals surface area (Å²) in [4.78, 5) is 14.8. The fourth-order valence-electron chi connectivity index (χ4n) is 2.66. The van der Waals surface area contributed by atoms with Crippen molar-refractivity contribution in [1.29, 1.82) is 0 Å². The third kappa shape index (κ3) is 5.70. The zero-order valence-corrected chi connectivity index (χ0v) is 13.0. The number of nitrogens with zero attached hydrogens (tertiary/aromatic N) is 4. The fourth-order valence-corrected chi connectivity index (χ4v) is 2.66. The van der Waals surface area contributed by atoms with Gasteiger partial charge < -0.3 is 4.74 Å². The standard InChI is InChI=1S/C14H26N4O2/c1-11(10-12-8-6-5-7-9-12)18(17-16-15)13(19)20-14(2,3)4/h11-12H,5-10H2,1-4H3. The van der Waals surface area contributed by atoms with Crippen LogP contribution in [-0.4, -0.2) is 22.7 Å². The van der Waals surface area contributed by atoms with Crippen molar-refractivity contribution in [2.24, 2.45) is 11.1 Å². The topological polar surface area (TPSA) is 78.3 Å². The maximum atomic E-state index is 12.1. The van der Waals surface area contributed by atoms with E-state index in [1.807, 2.05) is 6.92 Å². The first-order valence-corrected chi connectivity index (χ1v) is 7.40. The molecule has 0 aromatic carbocycles. The number of carbonyl (C=O) groups excluding carboxylic acids is 1. The van der Waals surface area contributed by atoms with E-state index in [9.17, 15) is 4.79 Å². The van der Waals surface area contributed by atoms with Crippen molar-refractivity contribution in [1.82, 2.24) is 5.01 Å². The van der Waals surface area contributed by atoms with E-state index in [4.69, 9.17) is 10.3 Å². The molecule has 0 saturated heterocycles. The Morgan fingerprint density at radius 3 is 2.50 bits per heavy atom. The summed E-state index contributed by atoms with van der Waals surface area (Å²) in [5, 5.41) is 4.65. The number of azide groups is 1. The molecule has 0 heterocycles. The van der Waals surface area contributed by atoms with Crippen LogP contribution in [0.25, 0.3) is 10.4 Å². The van der Waals surface area contributed by atoms with Crippen LogP contribution in [0, 0.1) is 5.92 Å². The van der Waals surface area contributed by atoms with Crippen molar-refractivity contribution in [2.75, 3.05) is 0 Å². The van der Waals surface area contributed by atoms with E-state index in [0.29, 0.717) is 5.92 Å². The maximum absolute atomic E-state index is 12.1. The summed E-state index contributed by atoms with van der Waals surface area (Å²) in [5.41, 5.74) is 8.06. The number of amides is 1. The van der Waals surface area contributed by atoms with Crippen molar-refractivity contribution in [3.8, 4) is 0 Å². The Labute approximate surface area is 121 Å². The third-order valence-corrected chi connectivity index (χ3v) is 3.53. The lowest BCUT2D eigenvalue weighted by atomic mass is 9.85. The van der Waals surface area contributed by atoms with E-state index in [1.54, 1.807) is 20.8 Å². The first-order valence-electron chi connectivity index (χ1n) is 7.40. The van der Waals surface area contributed by atoms with Gasteiger partial charge in [-0.1, -0.05) is 32.1 Å². The first-order chi connectivity index (χ1) is 9.33. The molecule has 6 nitrogen and oxygen atoms in total. The summed E-state index contributed by atoms with van der Waals surface area (Å²) in [6.07, 6.45) is 6.50. The smallest absolute Gasteiger partial charge is 0.425 e. The third-order valence-electron chi connectivity index (χ3n) is 3.53. The molecule has 6 heteroatoms. The lowest BCUT2D eigenvalue weighted by molar-refractivity contribution is 0.0148. The molecule has 114 valence electrons. The molecular weight excluding hydrogens is 256 g/mol. The molecule has 1 atom stereocenters. The van der Waals surface area contributed by atoms with Gasteiger partial charge in [-0.2, -0.15) is 9.71 Å². The molecule has 1 unspecified atom stereocenters.